The quantitative estimate of drug-likeness (QED) is 0.390. The maximum atomic E-state index is 11.8. The molecule has 23 heavy (non-hydrogen) atoms. The summed E-state index contributed by atoms with van der Waals surface area (Å²) in [7, 11) is 2.65. The van der Waals surface area contributed by atoms with Crippen LogP contribution in [0.15, 0.2) is 91.0 Å². The molecule has 0 N–H and O–H groups in total. The number of carbonyl (C=O) groups excluding carboxylic acids is 1. The summed E-state index contributed by atoms with van der Waals surface area (Å²) < 4.78 is 0. The van der Waals surface area contributed by atoms with E-state index in [1.165, 1.54) is 0 Å². The Hall–Kier alpha value is -2.50. The maximum absolute atomic E-state index is 11.8. The van der Waals surface area contributed by atoms with E-state index in [1.807, 2.05) is 54.6 Å². The highest BCUT2D eigenvalue weighted by Crippen LogP contribution is 2.40. The van der Waals surface area contributed by atoms with Crippen molar-refractivity contribution in [3.05, 3.63) is 108 Å². The third kappa shape index (κ3) is 2.65. The van der Waals surface area contributed by atoms with Crippen molar-refractivity contribution in [3.8, 4) is 0 Å². The van der Waals surface area contributed by atoms with Gasteiger partial charge in [0.25, 0.3) is 0 Å². The average Bonchev–Trinajstić information content (AvgIpc) is 2.65. The van der Waals surface area contributed by atoms with Crippen LogP contribution in [0.3, 0.4) is 0 Å². The standard InChI is InChI=1S/C21H17OP/c22-16-20(23)21(17-10-4-1-5-11-17,18-12-6-2-7-13-18)19-14-8-3-9-15-19/h1-16,23H/p+1. The summed E-state index contributed by atoms with van der Waals surface area (Å²) in [5, 5.41) is 0.695. The third-order valence-corrected chi connectivity index (χ3v) is 4.75. The van der Waals surface area contributed by atoms with Crippen LogP contribution in [0.5, 0.6) is 0 Å². The van der Waals surface area contributed by atoms with Crippen LogP contribution in [0, 0.1) is 0 Å². The highest BCUT2D eigenvalue weighted by atomic mass is 31.0. The Morgan fingerprint density at radius 1 is 0.652 bits per heavy atom. The number of hydrogen-bond donors (Lipinski definition) is 0. The van der Waals surface area contributed by atoms with Crippen LogP contribution in [0.25, 0.3) is 0 Å². The Morgan fingerprint density at radius 2 is 0.957 bits per heavy atom. The van der Waals surface area contributed by atoms with E-state index < -0.39 is 5.41 Å². The van der Waals surface area contributed by atoms with Gasteiger partial charge in [-0.1, -0.05) is 91.0 Å². The second-order valence-electron chi connectivity index (χ2n) is 5.42. The fraction of sp³-hybridized carbons (Fsp3) is 0.0476. The van der Waals surface area contributed by atoms with Crippen molar-refractivity contribution in [1.29, 1.82) is 0 Å². The molecule has 0 amide bonds. The van der Waals surface area contributed by atoms with Gasteiger partial charge in [0.1, 0.15) is 5.41 Å². The van der Waals surface area contributed by atoms with Gasteiger partial charge in [0.05, 0.1) is 8.86 Å². The Balaban J connectivity index is 2.40. The van der Waals surface area contributed by atoms with Gasteiger partial charge in [-0.05, 0) is 16.7 Å². The van der Waals surface area contributed by atoms with Crippen LogP contribution in [-0.4, -0.2) is 11.6 Å². The van der Waals surface area contributed by atoms with Crippen LogP contribution in [0.4, 0.5) is 0 Å². The molecule has 0 heterocycles. The van der Waals surface area contributed by atoms with Crippen LogP contribution in [0.2, 0.25) is 0 Å². The van der Waals surface area contributed by atoms with E-state index >= 15 is 0 Å². The summed E-state index contributed by atoms with van der Waals surface area (Å²) in [6.07, 6.45) is 0.942. The molecule has 3 rings (SSSR count). The number of hydrogen-bond acceptors (Lipinski definition) is 1. The lowest BCUT2D eigenvalue weighted by Crippen LogP contribution is -2.38. The van der Waals surface area contributed by atoms with Crippen LogP contribution in [-0.2, 0) is 10.2 Å². The molecule has 0 saturated carbocycles. The number of carbonyl (C=O) groups is 1. The number of aldehydes is 1. The molecule has 1 unspecified atom stereocenters. The second kappa shape index (κ2) is 6.73. The van der Waals surface area contributed by atoms with E-state index in [2.05, 4.69) is 45.3 Å². The molecule has 0 bridgehead atoms. The minimum absolute atomic E-state index is 0.601. The van der Waals surface area contributed by atoms with Crippen molar-refractivity contribution < 1.29 is 4.79 Å². The van der Waals surface area contributed by atoms with Crippen molar-refractivity contribution in [1.82, 2.24) is 0 Å². The Morgan fingerprint density at radius 3 is 1.22 bits per heavy atom. The minimum Gasteiger partial charge on any atom is -0.294 e. The van der Waals surface area contributed by atoms with Crippen molar-refractivity contribution in [3.63, 3.8) is 0 Å². The normalized spacial score (nSPS) is 11.0. The fourth-order valence-electron chi connectivity index (χ4n) is 3.15. The summed E-state index contributed by atoms with van der Waals surface area (Å²) in [5.74, 6) is 0. The third-order valence-electron chi connectivity index (χ3n) is 4.18. The van der Waals surface area contributed by atoms with Gasteiger partial charge in [-0.2, -0.15) is 0 Å². The van der Waals surface area contributed by atoms with Gasteiger partial charge < -0.3 is 0 Å². The second-order valence-corrected chi connectivity index (χ2v) is 6.04. The molecule has 3 aromatic carbocycles. The minimum atomic E-state index is -0.601. The first-order valence-corrected chi connectivity index (χ1v) is 8.12. The lowest BCUT2D eigenvalue weighted by atomic mass is 9.67. The molecular weight excluding hydrogens is 299 g/mol. The molecule has 0 radical (unpaired) electrons. The van der Waals surface area contributed by atoms with Gasteiger partial charge in [-0.15, -0.1) is 0 Å². The zero-order valence-corrected chi connectivity index (χ0v) is 13.9. The molecule has 0 aliphatic rings. The Bertz CT molecular complexity index is 698. The lowest BCUT2D eigenvalue weighted by Gasteiger charge is -2.32. The monoisotopic (exact) mass is 317 g/mol. The predicted molar refractivity (Wildman–Crippen MR) is 100.0 cm³/mol. The van der Waals surface area contributed by atoms with Gasteiger partial charge in [-0.3, -0.25) is 4.79 Å². The highest BCUT2D eigenvalue weighted by Gasteiger charge is 2.42. The molecule has 0 aliphatic heterocycles. The van der Waals surface area contributed by atoms with Crippen LogP contribution < -0.4 is 0 Å². The molecule has 0 saturated heterocycles. The van der Waals surface area contributed by atoms with Crippen LogP contribution in [0.1, 0.15) is 16.7 Å². The molecule has 3 aromatic rings. The van der Waals surface area contributed by atoms with Crippen molar-refractivity contribution >= 4 is 20.4 Å². The largest absolute Gasteiger partial charge is 0.294 e. The van der Waals surface area contributed by atoms with E-state index in [0.29, 0.717) is 5.29 Å². The topological polar surface area (TPSA) is 17.1 Å². The zero-order chi connectivity index (χ0) is 16.1. The van der Waals surface area contributed by atoms with E-state index in [0.717, 1.165) is 23.0 Å². The van der Waals surface area contributed by atoms with Gasteiger partial charge in [0, 0.05) is 0 Å². The lowest BCUT2D eigenvalue weighted by molar-refractivity contribution is -0.102. The predicted octanol–water partition coefficient (Wildman–Crippen LogP) is 4.27. The van der Waals surface area contributed by atoms with E-state index in [1.54, 1.807) is 0 Å². The zero-order valence-electron chi connectivity index (χ0n) is 12.7. The summed E-state index contributed by atoms with van der Waals surface area (Å²) in [6.45, 7) is 0. The van der Waals surface area contributed by atoms with Gasteiger partial charge >= 0.3 is 0 Å². The summed E-state index contributed by atoms with van der Waals surface area (Å²) in [4.78, 5) is 11.8. The van der Waals surface area contributed by atoms with Crippen molar-refractivity contribution in [2.24, 2.45) is 0 Å². The van der Waals surface area contributed by atoms with E-state index in [4.69, 9.17) is 0 Å². The van der Waals surface area contributed by atoms with Crippen LogP contribution >= 0.6 is 8.86 Å². The SMILES string of the molecule is O=CC(=[PH2+])C(c1ccccc1)(c1ccccc1)c1ccccc1. The smallest absolute Gasteiger partial charge is 0.188 e. The number of rotatable bonds is 5. The first-order chi connectivity index (χ1) is 11.3. The summed E-state index contributed by atoms with van der Waals surface area (Å²) in [5.41, 5.74) is 2.63. The summed E-state index contributed by atoms with van der Waals surface area (Å²) in [6, 6.07) is 30.5. The molecular formula is C21H18OP+. The first kappa shape index (κ1) is 15.4. The highest BCUT2D eigenvalue weighted by molar-refractivity contribution is 7.25. The number of benzene rings is 3. The molecule has 112 valence electrons. The molecule has 2 heteroatoms. The van der Waals surface area contributed by atoms with Gasteiger partial charge in [0.2, 0.25) is 0 Å². The molecule has 0 aromatic heterocycles. The molecule has 1 atom stereocenters. The maximum Gasteiger partial charge on any atom is 0.188 e. The Labute approximate surface area is 138 Å². The van der Waals surface area contributed by atoms with Crippen molar-refractivity contribution in [2.75, 3.05) is 0 Å². The van der Waals surface area contributed by atoms with Crippen molar-refractivity contribution in [2.45, 2.75) is 5.41 Å². The molecule has 0 spiro atoms. The molecule has 0 fully saturated rings. The Kier molecular flexibility index (Phi) is 4.50. The first-order valence-electron chi connectivity index (χ1n) is 7.55. The fourth-order valence-corrected chi connectivity index (χ4v) is 3.65. The van der Waals surface area contributed by atoms with E-state index in [9.17, 15) is 4.79 Å². The molecule has 1 nitrogen and oxygen atoms in total. The van der Waals surface area contributed by atoms with Gasteiger partial charge in [-0.25, -0.2) is 0 Å². The van der Waals surface area contributed by atoms with E-state index in [-0.39, 0.29) is 0 Å². The molecule has 0 aliphatic carbocycles. The average molecular weight is 317 g/mol. The van der Waals surface area contributed by atoms with Gasteiger partial charge in [0.15, 0.2) is 11.6 Å². The summed E-state index contributed by atoms with van der Waals surface area (Å²) >= 11 is 0.